The Morgan fingerprint density at radius 3 is 2.94 bits per heavy atom. The van der Waals surface area contributed by atoms with Crippen molar-refractivity contribution < 1.29 is 4.79 Å². The summed E-state index contributed by atoms with van der Waals surface area (Å²) in [5, 5.41) is 2.82. The molecule has 0 N–H and O–H groups in total. The molecule has 0 saturated carbocycles. The monoisotopic (exact) mass is 246 g/mol. The van der Waals surface area contributed by atoms with E-state index in [9.17, 15) is 4.79 Å². The van der Waals surface area contributed by atoms with Crippen LogP contribution in [0.15, 0.2) is 23.7 Å². The molecule has 0 fully saturated rings. The largest absolute Gasteiger partial charge is 0.292 e. The fourth-order valence-electron chi connectivity index (χ4n) is 1.68. The van der Waals surface area contributed by atoms with Crippen LogP contribution in [0.1, 0.15) is 33.7 Å². The molecule has 0 aliphatic rings. The minimum Gasteiger partial charge on any atom is -0.292 e. The average molecular weight is 246 g/mol. The Bertz CT molecular complexity index is 534. The molecule has 0 bridgehead atoms. The molecule has 2 rings (SSSR count). The van der Waals surface area contributed by atoms with E-state index in [1.165, 1.54) is 11.3 Å². The molecule has 0 saturated heterocycles. The number of hydrogen-bond acceptors (Lipinski definition) is 4. The van der Waals surface area contributed by atoms with E-state index in [1.807, 2.05) is 31.4 Å². The third kappa shape index (κ3) is 2.77. The highest BCUT2D eigenvalue weighted by Gasteiger charge is 2.13. The first-order chi connectivity index (χ1) is 8.20. The van der Waals surface area contributed by atoms with E-state index in [4.69, 9.17) is 0 Å². The minimum atomic E-state index is 0.0526. The Labute approximate surface area is 105 Å². The predicted octanol–water partition coefficient (Wildman–Crippen LogP) is 2.83. The minimum absolute atomic E-state index is 0.0526. The molecule has 2 aromatic rings. The summed E-state index contributed by atoms with van der Waals surface area (Å²) in [5.74, 6) is 0.0526. The molecule has 17 heavy (non-hydrogen) atoms. The van der Waals surface area contributed by atoms with E-state index >= 15 is 0 Å². The van der Waals surface area contributed by atoms with Gasteiger partial charge in [0.2, 0.25) is 0 Å². The predicted molar refractivity (Wildman–Crippen MR) is 68.5 cm³/mol. The van der Waals surface area contributed by atoms with E-state index < -0.39 is 0 Å². The van der Waals surface area contributed by atoms with Crippen molar-refractivity contribution in [1.82, 2.24) is 9.97 Å². The number of aromatic nitrogens is 2. The van der Waals surface area contributed by atoms with Crippen LogP contribution in [-0.2, 0) is 12.8 Å². The molecule has 3 nitrogen and oxygen atoms in total. The second kappa shape index (κ2) is 5.19. The summed E-state index contributed by atoms with van der Waals surface area (Å²) in [6.45, 7) is 3.96. The van der Waals surface area contributed by atoms with Gasteiger partial charge in [-0.05, 0) is 25.0 Å². The number of rotatable bonds is 4. The molecule has 0 amide bonds. The van der Waals surface area contributed by atoms with Crippen molar-refractivity contribution in [3.05, 3.63) is 45.7 Å². The summed E-state index contributed by atoms with van der Waals surface area (Å²) in [7, 11) is 0. The number of nitrogens with zero attached hydrogens (tertiary/aromatic N) is 2. The van der Waals surface area contributed by atoms with E-state index in [0.717, 1.165) is 22.7 Å². The molecular formula is C13H14N2OS. The van der Waals surface area contributed by atoms with Gasteiger partial charge in [-0.25, -0.2) is 4.98 Å². The van der Waals surface area contributed by atoms with Crippen LogP contribution in [0.4, 0.5) is 0 Å². The first-order valence-electron chi connectivity index (χ1n) is 5.58. The Hall–Kier alpha value is -1.55. The number of aryl methyl sites for hydroxylation is 2. The number of carbonyl (C=O) groups is 1. The van der Waals surface area contributed by atoms with Crippen LogP contribution < -0.4 is 0 Å². The summed E-state index contributed by atoms with van der Waals surface area (Å²) in [6.07, 6.45) is 2.84. The zero-order valence-electron chi connectivity index (χ0n) is 9.93. The highest BCUT2D eigenvalue weighted by atomic mass is 32.1. The number of pyridine rings is 1. The standard InChI is InChI=1S/C13H14N2OS/c1-3-10-5-4-6-14-13(10)11(16)7-12-15-9(2)8-17-12/h4-6,8H,3,7H2,1-2H3. The topological polar surface area (TPSA) is 42.9 Å². The summed E-state index contributed by atoms with van der Waals surface area (Å²) in [5.41, 5.74) is 2.56. The summed E-state index contributed by atoms with van der Waals surface area (Å²) in [4.78, 5) is 20.6. The van der Waals surface area contributed by atoms with E-state index in [1.54, 1.807) is 6.20 Å². The second-order valence-electron chi connectivity index (χ2n) is 3.85. The van der Waals surface area contributed by atoms with Gasteiger partial charge >= 0.3 is 0 Å². The lowest BCUT2D eigenvalue weighted by atomic mass is 10.1. The molecule has 0 spiro atoms. The van der Waals surface area contributed by atoms with Gasteiger partial charge in [-0.2, -0.15) is 0 Å². The molecule has 0 aromatic carbocycles. The molecule has 0 aliphatic carbocycles. The van der Waals surface area contributed by atoms with Crippen LogP contribution in [0.5, 0.6) is 0 Å². The molecule has 0 radical (unpaired) electrons. The molecule has 2 aromatic heterocycles. The third-order valence-corrected chi connectivity index (χ3v) is 3.48. The third-order valence-electron chi connectivity index (χ3n) is 2.51. The van der Waals surface area contributed by atoms with Gasteiger partial charge < -0.3 is 0 Å². The molecule has 2 heterocycles. The van der Waals surface area contributed by atoms with Crippen molar-refractivity contribution in [2.45, 2.75) is 26.7 Å². The highest BCUT2D eigenvalue weighted by molar-refractivity contribution is 7.09. The Morgan fingerprint density at radius 1 is 1.47 bits per heavy atom. The number of Topliss-reactive ketones (excluding diaryl/α,β-unsaturated/α-hetero) is 1. The maximum absolute atomic E-state index is 12.1. The lowest BCUT2D eigenvalue weighted by Crippen LogP contribution is -2.09. The van der Waals surface area contributed by atoms with Crippen molar-refractivity contribution in [2.75, 3.05) is 0 Å². The fourth-order valence-corrected chi connectivity index (χ4v) is 2.45. The van der Waals surface area contributed by atoms with Crippen LogP contribution in [0.2, 0.25) is 0 Å². The van der Waals surface area contributed by atoms with Gasteiger partial charge in [0.05, 0.1) is 6.42 Å². The Kier molecular flexibility index (Phi) is 3.64. The van der Waals surface area contributed by atoms with E-state index in [-0.39, 0.29) is 5.78 Å². The van der Waals surface area contributed by atoms with Crippen molar-refractivity contribution in [3.8, 4) is 0 Å². The zero-order chi connectivity index (χ0) is 12.3. The van der Waals surface area contributed by atoms with Crippen LogP contribution in [0.25, 0.3) is 0 Å². The SMILES string of the molecule is CCc1cccnc1C(=O)Cc1nc(C)cs1. The van der Waals surface area contributed by atoms with Crippen molar-refractivity contribution in [1.29, 1.82) is 0 Å². The smallest absolute Gasteiger partial charge is 0.188 e. The van der Waals surface area contributed by atoms with Gasteiger partial charge in [-0.3, -0.25) is 9.78 Å². The number of ketones is 1. The summed E-state index contributed by atoms with van der Waals surface area (Å²) >= 11 is 1.53. The number of hydrogen-bond donors (Lipinski definition) is 0. The van der Waals surface area contributed by atoms with Gasteiger partial charge in [0.25, 0.3) is 0 Å². The molecule has 4 heteroatoms. The van der Waals surface area contributed by atoms with Crippen LogP contribution in [0.3, 0.4) is 0 Å². The summed E-state index contributed by atoms with van der Waals surface area (Å²) in [6, 6.07) is 3.82. The number of thiazole rings is 1. The van der Waals surface area contributed by atoms with Crippen molar-refractivity contribution >= 4 is 17.1 Å². The zero-order valence-corrected chi connectivity index (χ0v) is 10.8. The van der Waals surface area contributed by atoms with E-state index in [2.05, 4.69) is 9.97 Å². The van der Waals surface area contributed by atoms with Gasteiger partial charge in [0.1, 0.15) is 10.7 Å². The normalized spacial score (nSPS) is 10.5. The second-order valence-corrected chi connectivity index (χ2v) is 4.79. The summed E-state index contributed by atoms with van der Waals surface area (Å²) < 4.78 is 0. The molecule has 0 aliphatic heterocycles. The first-order valence-corrected chi connectivity index (χ1v) is 6.46. The van der Waals surface area contributed by atoms with Crippen LogP contribution in [-0.4, -0.2) is 15.8 Å². The Balaban J connectivity index is 2.20. The molecule has 0 atom stereocenters. The van der Waals surface area contributed by atoms with Crippen LogP contribution >= 0.6 is 11.3 Å². The molecule has 0 unspecified atom stereocenters. The Morgan fingerprint density at radius 2 is 2.29 bits per heavy atom. The van der Waals surface area contributed by atoms with Crippen molar-refractivity contribution in [2.24, 2.45) is 0 Å². The molecule has 88 valence electrons. The quantitative estimate of drug-likeness (QED) is 0.779. The van der Waals surface area contributed by atoms with Crippen LogP contribution in [0, 0.1) is 6.92 Å². The van der Waals surface area contributed by atoms with Crippen molar-refractivity contribution in [3.63, 3.8) is 0 Å². The van der Waals surface area contributed by atoms with Gasteiger partial charge in [0.15, 0.2) is 5.78 Å². The van der Waals surface area contributed by atoms with E-state index in [0.29, 0.717) is 12.1 Å². The average Bonchev–Trinajstić information content (AvgIpc) is 2.74. The lowest BCUT2D eigenvalue weighted by molar-refractivity contribution is 0.0987. The highest BCUT2D eigenvalue weighted by Crippen LogP contribution is 2.14. The maximum Gasteiger partial charge on any atom is 0.188 e. The first kappa shape index (κ1) is 11.9. The molecular weight excluding hydrogens is 232 g/mol. The van der Waals surface area contributed by atoms with Gasteiger partial charge in [0, 0.05) is 17.3 Å². The van der Waals surface area contributed by atoms with Gasteiger partial charge in [-0.1, -0.05) is 13.0 Å². The fraction of sp³-hybridized carbons (Fsp3) is 0.308. The lowest BCUT2D eigenvalue weighted by Gasteiger charge is -2.03. The number of carbonyl (C=O) groups excluding carboxylic acids is 1. The van der Waals surface area contributed by atoms with Gasteiger partial charge in [-0.15, -0.1) is 11.3 Å². The maximum atomic E-state index is 12.1.